The van der Waals surface area contributed by atoms with Crippen molar-refractivity contribution < 1.29 is 0 Å². The first-order valence-electron chi connectivity index (χ1n) is 4.37. The van der Waals surface area contributed by atoms with Gasteiger partial charge in [0.15, 0.2) is 0 Å². The lowest BCUT2D eigenvalue weighted by Crippen LogP contribution is -1.92. The minimum absolute atomic E-state index is 0.401. The summed E-state index contributed by atoms with van der Waals surface area (Å²) in [6, 6.07) is 8.91. The van der Waals surface area contributed by atoms with Crippen LogP contribution in [-0.4, -0.2) is 10.2 Å². The molecule has 0 saturated carbocycles. The monoisotopic (exact) mass is 271 g/mol. The number of hydrogen-bond donors (Lipinski definition) is 1. The lowest BCUT2D eigenvalue weighted by molar-refractivity contribution is 0.939. The fourth-order valence-corrected chi connectivity index (χ4v) is 2.18. The molecule has 2 aromatic rings. The van der Waals surface area contributed by atoms with Gasteiger partial charge in [-0.1, -0.05) is 35.0 Å². The van der Waals surface area contributed by atoms with Gasteiger partial charge >= 0.3 is 0 Å². The predicted octanol–water partition coefficient (Wildman–Crippen LogP) is 3.52. The molecule has 0 radical (unpaired) electrons. The number of halogens is 2. The van der Waals surface area contributed by atoms with Crippen LogP contribution in [0.2, 0.25) is 10.0 Å². The Morgan fingerprint density at radius 2 is 1.81 bits per heavy atom. The van der Waals surface area contributed by atoms with E-state index in [1.165, 1.54) is 11.8 Å². The van der Waals surface area contributed by atoms with Crippen molar-refractivity contribution in [1.29, 1.82) is 0 Å². The van der Waals surface area contributed by atoms with E-state index in [9.17, 15) is 0 Å². The van der Waals surface area contributed by atoms with Crippen LogP contribution in [-0.2, 0) is 0 Å². The van der Waals surface area contributed by atoms with E-state index in [0.717, 1.165) is 9.92 Å². The molecule has 1 aromatic heterocycles. The molecule has 0 amide bonds. The summed E-state index contributed by atoms with van der Waals surface area (Å²) in [6.07, 6.45) is 0. The number of nitrogen functional groups attached to an aromatic ring is 1. The van der Waals surface area contributed by atoms with Gasteiger partial charge in [0, 0.05) is 4.90 Å². The highest BCUT2D eigenvalue weighted by atomic mass is 35.5. The molecular weight excluding hydrogens is 265 g/mol. The third-order valence-corrected chi connectivity index (χ3v) is 3.43. The van der Waals surface area contributed by atoms with Gasteiger partial charge in [0.05, 0.1) is 10.0 Å². The second-order valence-electron chi connectivity index (χ2n) is 2.97. The Hall–Kier alpha value is -0.970. The van der Waals surface area contributed by atoms with E-state index in [-0.39, 0.29) is 0 Å². The van der Waals surface area contributed by atoms with Crippen molar-refractivity contribution in [2.24, 2.45) is 0 Å². The molecule has 0 aliphatic carbocycles. The van der Waals surface area contributed by atoms with Gasteiger partial charge in [-0.15, -0.1) is 10.2 Å². The van der Waals surface area contributed by atoms with Crippen LogP contribution in [0.3, 0.4) is 0 Å². The molecule has 1 aromatic carbocycles. The molecule has 0 bridgehead atoms. The maximum Gasteiger partial charge on any atom is 0.146 e. The van der Waals surface area contributed by atoms with Gasteiger partial charge in [0.2, 0.25) is 0 Å². The largest absolute Gasteiger partial charge is 0.382 e. The van der Waals surface area contributed by atoms with E-state index in [1.54, 1.807) is 24.3 Å². The van der Waals surface area contributed by atoms with Crippen LogP contribution in [0, 0.1) is 0 Å². The van der Waals surface area contributed by atoms with Gasteiger partial charge in [-0.05, 0) is 30.3 Å². The third-order valence-electron chi connectivity index (χ3n) is 1.77. The van der Waals surface area contributed by atoms with Crippen LogP contribution >= 0.6 is 35.0 Å². The first kappa shape index (κ1) is 11.5. The van der Waals surface area contributed by atoms with Gasteiger partial charge < -0.3 is 5.73 Å². The van der Waals surface area contributed by atoms with E-state index in [4.69, 9.17) is 28.9 Å². The van der Waals surface area contributed by atoms with Crippen molar-refractivity contribution in [2.45, 2.75) is 9.92 Å². The molecule has 0 fully saturated rings. The molecule has 16 heavy (non-hydrogen) atoms. The van der Waals surface area contributed by atoms with Crippen LogP contribution in [0.15, 0.2) is 40.3 Å². The molecule has 3 nitrogen and oxygen atoms in total. The summed E-state index contributed by atoms with van der Waals surface area (Å²) in [5.41, 5.74) is 5.44. The average molecular weight is 272 g/mol. The molecule has 0 spiro atoms. The molecule has 2 N–H and O–H groups in total. The summed E-state index contributed by atoms with van der Waals surface area (Å²) in [6.45, 7) is 0. The summed E-state index contributed by atoms with van der Waals surface area (Å²) in [5, 5.41) is 9.52. The van der Waals surface area contributed by atoms with Crippen LogP contribution in [0.1, 0.15) is 0 Å². The van der Waals surface area contributed by atoms with Crippen molar-refractivity contribution >= 4 is 40.8 Å². The molecule has 0 saturated heterocycles. The van der Waals surface area contributed by atoms with Gasteiger partial charge in [-0.2, -0.15) is 0 Å². The quantitative estimate of drug-likeness (QED) is 0.908. The van der Waals surface area contributed by atoms with E-state index < -0.39 is 0 Å². The van der Waals surface area contributed by atoms with Crippen molar-refractivity contribution in [3.8, 4) is 0 Å². The second-order valence-corrected chi connectivity index (χ2v) is 4.88. The number of rotatable bonds is 2. The van der Waals surface area contributed by atoms with Crippen molar-refractivity contribution in [1.82, 2.24) is 10.2 Å². The number of nitrogens with two attached hydrogens (primary N) is 1. The normalized spacial score (nSPS) is 10.4. The van der Waals surface area contributed by atoms with E-state index in [0.29, 0.717) is 15.9 Å². The Morgan fingerprint density at radius 3 is 2.44 bits per heavy atom. The molecule has 1 heterocycles. The van der Waals surface area contributed by atoms with Crippen LogP contribution in [0.4, 0.5) is 5.82 Å². The zero-order valence-electron chi connectivity index (χ0n) is 8.02. The van der Waals surface area contributed by atoms with Crippen molar-refractivity contribution in [3.63, 3.8) is 0 Å². The van der Waals surface area contributed by atoms with Gasteiger partial charge in [0.1, 0.15) is 10.8 Å². The topological polar surface area (TPSA) is 51.8 Å². The van der Waals surface area contributed by atoms with Crippen LogP contribution in [0.5, 0.6) is 0 Å². The molecular formula is C10H7Cl2N3S. The number of aromatic nitrogens is 2. The Morgan fingerprint density at radius 1 is 1.00 bits per heavy atom. The Bertz CT molecular complexity index is 502. The molecule has 82 valence electrons. The third kappa shape index (κ3) is 2.78. The highest BCUT2D eigenvalue weighted by Gasteiger charge is 2.03. The smallest absolute Gasteiger partial charge is 0.146 e. The zero-order valence-corrected chi connectivity index (χ0v) is 10.4. The zero-order chi connectivity index (χ0) is 11.5. The minimum atomic E-state index is 0.401. The molecule has 0 aliphatic heterocycles. The average Bonchev–Trinajstić information content (AvgIpc) is 2.27. The first-order valence-corrected chi connectivity index (χ1v) is 5.94. The number of nitrogens with zero attached hydrogens (tertiary/aromatic N) is 2. The molecule has 0 aliphatic rings. The Kier molecular flexibility index (Phi) is 3.53. The van der Waals surface area contributed by atoms with E-state index in [2.05, 4.69) is 10.2 Å². The second kappa shape index (κ2) is 4.91. The molecule has 0 atom stereocenters. The molecule has 0 unspecified atom stereocenters. The van der Waals surface area contributed by atoms with Crippen LogP contribution in [0.25, 0.3) is 0 Å². The standard InChI is InChI=1S/C10H7Cl2N3S/c11-7-2-1-6(5-8(7)12)16-10-4-3-9(13)14-15-10/h1-5H,(H2,13,14). The minimum Gasteiger partial charge on any atom is -0.382 e. The fourth-order valence-electron chi connectivity index (χ4n) is 1.05. The summed E-state index contributed by atoms with van der Waals surface area (Å²) in [5.74, 6) is 0.401. The first-order chi connectivity index (χ1) is 7.65. The SMILES string of the molecule is Nc1ccc(Sc2ccc(Cl)c(Cl)c2)nn1. The highest BCUT2D eigenvalue weighted by Crippen LogP contribution is 2.31. The highest BCUT2D eigenvalue weighted by molar-refractivity contribution is 7.99. The number of anilines is 1. The van der Waals surface area contributed by atoms with Crippen molar-refractivity contribution in [2.75, 3.05) is 5.73 Å². The summed E-state index contributed by atoms with van der Waals surface area (Å²) in [4.78, 5) is 0.952. The lowest BCUT2D eigenvalue weighted by Gasteiger charge is -2.02. The summed E-state index contributed by atoms with van der Waals surface area (Å²) < 4.78 is 0. The molecule has 2 rings (SSSR count). The number of benzene rings is 1. The number of hydrogen-bond acceptors (Lipinski definition) is 4. The maximum atomic E-state index is 5.90. The Labute approximate surface area is 107 Å². The lowest BCUT2D eigenvalue weighted by atomic mass is 10.4. The van der Waals surface area contributed by atoms with Gasteiger partial charge in [-0.3, -0.25) is 0 Å². The van der Waals surface area contributed by atoms with Crippen molar-refractivity contribution in [3.05, 3.63) is 40.4 Å². The van der Waals surface area contributed by atoms with E-state index >= 15 is 0 Å². The maximum absolute atomic E-state index is 5.90. The molecule has 6 heteroatoms. The van der Waals surface area contributed by atoms with E-state index in [1.807, 2.05) is 6.07 Å². The Balaban J connectivity index is 2.20. The van der Waals surface area contributed by atoms with Crippen LogP contribution < -0.4 is 5.73 Å². The van der Waals surface area contributed by atoms with Gasteiger partial charge in [0.25, 0.3) is 0 Å². The summed E-state index contributed by atoms with van der Waals surface area (Å²) >= 11 is 13.2. The fraction of sp³-hybridized carbons (Fsp3) is 0. The predicted molar refractivity (Wildman–Crippen MR) is 67.0 cm³/mol. The summed E-state index contributed by atoms with van der Waals surface area (Å²) in [7, 11) is 0. The van der Waals surface area contributed by atoms with Gasteiger partial charge in [-0.25, -0.2) is 0 Å².